The zero-order valence-electron chi connectivity index (χ0n) is 14.5. The first kappa shape index (κ1) is 19.4. The first-order valence-electron chi connectivity index (χ1n) is 8.28. The molecule has 0 spiro atoms. The smallest absolute Gasteiger partial charge is 0.276 e. The van der Waals surface area contributed by atoms with E-state index in [1.807, 2.05) is 4.90 Å². The van der Waals surface area contributed by atoms with Crippen molar-refractivity contribution in [2.45, 2.75) is 26.0 Å². The molecule has 2 heterocycles. The van der Waals surface area contributed by atoms with E-state index in [1.54, 1.807) is 13.2 Å². The van der Waals surface area contributed by atoms with Crippen LogP contribution in [0.4, 0.5) is 0 Å². The summed E-state index contributed by atoms with van der Waals surface area (Å²) in [6.45, 7) is 4.60. The first-order valence-corrected chi connectivity index (χ1v) is 8.28. The van der Waals surface area contributed by atoms with E-state index in [1.165, 1.54) is 5.56 Å². The number of ether oxygens (including phenoxy) is 1. The summed E-state index contributed by atoms with van der Waals surface area (Å²) in [4.78, 5) is 14.7. The molecule has 1 aliphatic heterocycles. The van der Waals surface area contributed by atoms with Crippen molar-refractivity contribution >= 4 is 18.3 Å². The Morgan fingerprint density at radius 2 is 2.16 bits per heavy atom. The highest BCUT2D eigenvalue weighted by Crippen LogP contribution is 2.24. The lowest BCUT2D eigenvalue weighted by atomic mass is 10.0. The molecule has 0 bridgehead atoms. The third-order valence-corrected chi connectivity index (χ3v) is 4.34. The Kier molecular flexibility index (Phi) is 6.99. The van der Waals surface area contributed by atoms with E-state index in [2.05, 4.69) is 41.7 Å². The number of rotatable bonds is 5. The molecule has 3 rings (SSSR count). The minimum absolute atomic E-state index is 0. The van der Waals surface area contributed by atoms with Crippen LogP contribution in [0.1, 0.15) is 40.3 Å². The molecule has 0 radical (unpaired) electrons. The Bertz CT molecular complexity index is 687. The number of nitrogens with zero attached hydrogens (tertiary/aromatic N) is 2. The second kappa shape index (κ2) is 8.99. The number of halogens is 1. The van der Waals surface area contributed by atoms with Gasteiger partial charge in [-0.3, -0.25) is 4.79 Å². The molecule has 25 heavy (non-hydrogen) atoms. The van der Waals surface area contributed by atoms with E-state index in [-0.39, 0.29) is 24.4 Å². The zero-order valence-corrected chi connectivity index (χ0v) is 15.3. The maximum absolute atomic E-state index is 12.9. The average Bonchev–Trinajstić information content (AvgIpc) is 3.10. The average molecular weight is 366 g/mol. The number of nitrogens with one attached hydrogen (secondary N) is 1. The van der Waals surface area contributed by atoms with E-state index in [4.69, 9.17) is 9.26 Å². The van der Waals surface area contributed by atoms with Crippen LogP contribution in [0.25, 0.3) is 0 Å². The highest BCUT2D eigenvalue weighted by Gasteiger charge is 2.30. The van der Waals surface area contributed by atoms with Crippen LogP contribution in [0.3, 0.4) is 0 Å². The summed E-state index contributed by atoms with van der Waals surface area (Å²) < 4.78 is 10.2. The molecule has 1 aliphatic rings. The molecule has 6 nitrogen and oxygen atoms in total. The molecule has 2 aromatic rings. The lowest BCUT2D eigenvalue weighted by molar-refractivity contribution is 0.0623. The highest BCUT2D eigenvalue weighted by molar-refractivity contribution is 5.92. The Labute approximate surface area is 153 Å². The van der Waals surface area contributed by atoms with E-state index < -0.39 is 0 Å². The Hall–Kier alpha value is -1.89. The van der Waals surface area contributed by atoms with Crippen LogP contribution in [0.5, 0.6) is 0 Å². The van der Waals surface area contributed by atoms with Crippen molar-refractivity contribution in [1.29, 1.82) is 0 Å². The van der Waals surface area contributed by atoms with Crippen molar-refractivity contribution in [3.63, 3.8) is 0 Å². The van der Waals surface area contributed by atoms with Crippen molar-refractivity contribution in [1.82, 2.24) is 15.4 Å². The zero-order chi connectivity index (χ0) is 16.9. The second-order valence-corrected chi connectivity index (χ2v) is 5.93. The molecule has 1 aromatic heterocycles. The van der Waals surface area contributed by atoms with Gasteiger partial charge in [-0.1, -0.05) is 36.3 Å². The second-order valence-electron chi connectivity index (χ2n) is 5.93. The monoisotopic (exact) mass is 365 g/mol. The van der Waals surface area contributed by atoms with Gasteiger partial charge >= 0.3 is 0 Å². The van der Waals surface area contributed by atoms with Crippen molar-refractivity contribution in [3.8, 4) is 0 Å². The van der Waals surface area contributed by atoms with Crippen molar-refractivity contribution in [2.24, 2.45) is 0 Å². The number of methoxy groups -OCH3 is 1. The normalized spacial score (nSPS) is 17.2. The fourth-order valence-corrected chi connectivity index (χ4v) is 2.99. The summed E-state index contributed by atoms with van der Waals surface area (Å²) in [6.07, 6.45) is 1.01. The number of hydrogen-bond donors (Lipinski definition) is 1. The van der Waals surface area contributed by atoms with Gasteiger partial charge in [-0.05, 0) is 17.5 Å². The highest BCUT2D eigenvalue weighted by atomic mass is 35.5. The van der Waals surface area contributed by atoms with Crippen LogP contribution in [-0.2, 0) is 17.8 Å². The maximum atomic E-state index is 12.9. The molecule has 1 N–H and O–H groups in total. The van der Waals surface area contributed by atoms with Crippen LogP contribution in [0.2, 0.25) is 0 Å². The lowest BCUT2D eigenvalue weighted by Gasteiger charge is -2.36. The van der Waals surface area contributed by atoms with Gasteiger partial charge in [0.1, 0.15) is 6.61 Å². The number of benzene rings is 1. The van der Waals surface area contributed by atoms with Gasteiger partial charge in [0, 0.05) is 32.8 Å². The maximum Gasteiger partial charge on any atom is 0.276 e. The molecule has 0 aliphatic carbocycles. The number of piperazine rings is 1. The number of carbonyl (C=O) groups is 1. The third-order valence-electron chi connectivity index (χ3n) is 4.34. The van der Waals surface area contributed by atoms with Crippen molar-refractivity contribution < 1.29 is 14.1 Å². The number of aromatic nitrogens is 1. The summed E-state index contributed by atoms with van der Waals surface area (Å²) in [7, 11) is 1.58. The molecular weight excluding hydrogens is 342 g/mol. The van der Waals surface area contributed by atoms with Gasteiger partial charge in [-0.15, -0.1) is 12.4 Å². The van der Waals surface area contributed by atoms with Crippen LogP contribution in [-0.4, -0.2) is 42.7 Å². The molecule has 1 fully saturated rings. The van der Waals surface area contributed by atoms with E-state index >= 15 is 0 Å². The molecule has 1 saturated heterocycles. The minimum Gasteiger partial charge on any atom is -0.377 e. The quantitative estimate of drug-likeness (QED) is 0.882. The van der Waals surface area contributed by atoms with Crippen LogP contribution < -0.4 is 5.32 Å². The first-order chi connectivity index (χ1) is 11.7. The molecule has 1 aromatic carbocycles. The van der Waals surface area contributed by atoms with E-state index in [9.17, 15) is 4.79 Å². The molecular formula is C18H24ClN3O3. The summed E-state index contributed by atoms with van der Waals surface area (Å²) in [6, 6.07) is 10.1. The topological polar surface area (TPSA) is 67.6 Å². The van der Waals surface area contributed by atoms with Gasteiger partial charge in [0.2, 0.25) is 0 Å². The Balaban J connectivity index is 0.00000225. The summed E-state index contributed by atoms with van der Waals surface area (Å²) in [5, 5.41) is 7.26. The van der Waals surface area contributed by atoms with Gasteiger partial charge in [-0.2, -0.15) is 0 Å². The number of hydrogen-bond acceptors (Lipinski definition) is 5. The molecule has 7 heteroatoms. The van der Waals surface area contributed by atoms with E-state index in [0.717, 1.165) is 25.1 Å². The van der Waals surface area contributed by atoms with E-state index in [0.29, 0.717) is 24.6 Å². The molecule has 0 saturated carbocycles. The fraction of sp³-hybridized carbons (Fsp3) is 0.444. The fourth-order valence-electron chi connectivity index (χ4n) is 2.99. The van der Waals surface area contributed by atoms with Gasteiger partial charge in [0.25, 0.3) is 5.91 Å². The van der Waals surface area contributed by atoms with Crippen molar-refractivity contribution in [3.05, 3.63) is 52.9 Å². The number of amides is 1. The standard InChI is InChI=1S/C18H23N3O3.ClH/c1-3-13-4-6-14(7-5-13)17-11-19-8-9-21(17)18(22)16-10-15(12-23-2)24-20-16;/h4-7,10,17,19H,3,8-9,11-12H2,1-2H3;1H. The van der Waals surface area contributed by atoms with Crippen molar-refractivity contribution in [2.75, 3.05) is 26.7 Å². The largest absolute Gasteiger partial charge is 0.377 e. The van der Waals surface area contributed by atoms with Gasteiger partial charge in [0.05, 0.1) is 6.04 Å². The molecule has 1 amide bonds. The van der Waals surface area contributed by atoms with Crippen LogP contribution in [0.15, 0.2) is 34.9 Å². The number of aryl methyl sites for hydroxylation is 1. The van der Waals surface area contributed by atoms with Crippen LogP contribution >= 0.6 is 12.4 Å². The summed E-state index contributed by atoms with van der Waals surface area (Å²) in [5.41, 5.74) is 2.76. The molecule has 136 valence electrons. The van der Waals surface area contributed by atoms with Gasteiger partial charge in [0.15, 0.2) is 11.5 Å². The van der Waals surface area contributed by atoms with Gasteiger partial charge < -0.3 is 19.5 Å². The molecule has 1 atom stereocenters. The molecule has 1 unspecified atom stereocenters. The SMILES string of the molecule is CCc1ccc(C2CNCCN2C(=O)c2cc(COC)on2)cc1.Cl. The predicted octanol–water partition coefficient (Wildman–Crippen LogP) is 2.59. The minimum atomic E-state index is -0.104. The summed E-state index contributed by atoms with van der Waals surface area (Å²) in [5.74, 6) is 0.451. The van der Waals surface area contributed by atoms with Crippen LogP contribution in [0, 0.1) is 0 Å². The lowest BCUT2D eigenvalue weighted by Crippen LogP contribution is -2.48. The number of carbonyl (C=O) groups excluding carboxylic acids is 1. The summed E-state index contributed by atoms with van der Waals surface area (Å²) >= 11 is 0. The Morgan fingerprint density at radius 1 is 1.40 bits per heavy atom. The third kappa shape index (κ3) is 4.39. The van der Waals surface area contributed by atoms with Gasteiger partial charge in [-0.25, -0.2) is 0 Å². The predicted molar refractivity (Wildman–Crippen MR) is 96.9 cm³/mol. The Morgan fingerprint density at radius 3 is 2.84 bits per heavy atom.